The van der Waals surface area contributed by atoms with Crippen LogP contribution in [0.2, 0.25) is 0 Å². The van der Waals surface area contributed by atoms with E-state index >= 15 is 0 Å². The lowest BCUT2D eigenvalue weighted by atomic mass is 9.87. The van der Waals surface area contributed by atoms with Gasteiger partial charge in [-0.25, -0.2) is 0 Å². The zero-order valence-corrected chi connectivity index (χ0v) is 3.98. The molecule has 0 saturated carbocycles. The van der Waals surface area contributed by atoms with Crippen LogP contribution in [-0.2, 0) is 0 Å². The Labute approximate surface area is 45.9 Å². The van der Waals surface area contributed by atoms with Crippen LogP contribution in [0.3, 0.4) is 0 Å². The summed E-state index contributed by atoms with van der Waals surface area (Å²) in [4.78, 5) is 0. The molecule has 1 aromatic heterocycles. The van der Waals surface area contributed by atoms with Gasteiger partial charge in [0.25, 0.3) is 0 Å². The fourth-order valence-electron chi connectivity index (χ4n) is 0.355. The van der Waals surface area contributed by atoms with Crippen molar-refractivity contribution < 1.29 is 14.6 Å². The predicted molar refractivity (Wildman–Crippen MR) is 26.3 cm³/mol. The summed E-state index contributed by atoms with van der Waals surface area (Å²) < 4.78 is 4.31. The molecule has 0 radical (unpaired) electrons. The first-order valence-electron chi connectivity index (χ1n) is 2.07. The van der Waals surface area contributed by atoms with Gasteiger partial charge in [-0.2, -0.15) is 0 Å². The van der Waals surface area contributed by atoms with E-state index in [1.54, 1.807) is 0 Å². The third-order valence-corrected chi connectivity index (χ3v) is 0.722. The van der Waals surface area contributed by atoms with Crippen molar-refractivity contribution in [3.63, 3.8) is 0 Å². The molecule has 5 heteroatoms. The summed E-state index contributed by atoms with van der Waals surface area (Å²) in [5.41, 5.74) is 0.130. The van der Waals surface area contributed by atoms with Gasteiger partial charge in [0.1, 0.15) is 11.9 Å². The Morgan fingerprint density at radius 2 is 2.38 bits per heavy atom. The van der Waals surface area contributed by atoms with Crippen molar-refractivity contribution in [3.05, 3.63) is 12.3 Å². The van der Waals surface area contributed by atoms with Crippen LogP contribution >= 0.6 is 0 Å². The highest BCUT2D eigenvalue weighted by atomic mass is 16.5. The third kappa shape index (κ3) is 0.880. The minimum absolute atomic E-state index is 0.130. The second-order valence-electron chi connectivity index (χ2n) is 1.30. The molecule has 0 atom stereocenters. The number of hydrogen-bond acceptors (Lipinski definition) is 4. The maximum atomic E-state index is 8.35. The number of nitrogens with zero attached hydrogens (tertiary/aromatic N) is 1. The molecule has 4 nitrogen and oxygen atoms in total. The number of hydrogen-bond donors (Lipinski definition) is 2. The molecule has 0 fully saturated rings. The lowest BCUT2D eigenvalue weighted by Crippen LogP contribution is -2.30. The highest BCUT2D eigenvalue weighted by Gasteiger charge is 2.12. The molecule has 0 unspecified atom stereocenters. The SMILES string of the molecule is OB(O)c1ccon1. The van der Waals surface area contributed by atoms with Gasteiger partial charge in [0.05, 0.1) is 0 Å². The molecular weight excluding hydrogens is 109 g/mol. The minimum Gasteiger partial charge on any atom is -0.422 e. The summed E-state index contributed by atoms with van der Waals surface area (Å²) >= 11 is 0. The first-order valence-corrected chi connectivity index (χ1v) is 2.07. The first kappa shape index (κ1) is 5.33. The number of aromatic nitrogens is 1. The molecule has 0 saturated heterocycles. The zero-order chi connectivity index (χ0) is 5.98. The second-order valence-corrected chi connectivity index (χ2v) is 1.30. The molecule has 0 aromatic carbocycles. The monoisotopic (exact) mass is 113 g/mol. The van der Waals surface area contributed by atoms with Crippen molar-refractivity contribution in [2.24, 2.45) is 0 Å². The molecule has 1 heterocycles. The van der Waals surface area contributed by atoms with Crippen LogP contribution in [0.15, 0.2) is 16.9 Å². The fourth-order valence-corrected chi connectivity index (χ4v) is 0.355. The van der Waals surface area contributed by atoms with Gasteiger partial charge in [0.2, 0.25) is 0 Å². The lowest BCUT2D eigenvalue weighted by Gasteiger charge is -1.84. The molecule has 0 amide bonds. The standard InChI is InChI=1S/C3H4BNO3/c6-4(7)3-1-2-8-5-3/h1-2,6-7H. The molecule has 1 aromatic rings. The topological polar surface area (TPSA) is 66.5 Å². The van der Waals surface area contributed by atoms with E-state index in [9.17, 15) is 0 Å². The minimum atomic E-state index is -1.52. The molecule has 0 aliphatic rings. The highest BCUT2D eigenvalue weighted by molar-refractivity contribution is 6.57. The van der Waals surface area contributed by atoms with E-state index in [4.69, 9.17) is 10.0 Å². The maximum Gasteiger partial charge on any atom is 0.511 e. The van der Waals surface area contributed by atoms with Crippen molar-refractivity contribution in [1.29, 1.82) is 0 Å². The van der Waals surface area contributed by atoms with Gasteiger partial charge in [0, 0.05) is 0 Å². The van der Waals surface area contributed by atoms with E-state index in [1.807, 2.05) is 0 Å². The van der Waals surface area contributed by atoms with Crippen LogP contribution in [-0.4, -0.2) is 22.3 Å². The Morgan fingerprint density at radius 3 is 2.62 bits per heavy atom. The molecular formula is C3H4BNO3. The van der Waals surface area contributed by atoms with E-state index in [0.717, 1.165) is 0 Å². The summed E-state index contributed by atoms with van der Waals surface area (Å²) in [6.07, 6.45) is 1.27. The van der Waals surface area contributed by atoms with E-state index < -0.39 is 7.12 Å². The van der Waals surface area contributed by atoms with Crippen LogP contribution in [0, 0.1) is 0 Å². The van der Waals surface area contributed by atoms with Crippen molar-refractivity contribution in [3.8, 4) is 0 Å². The Hall–Kier alpha value is -0.805. The van der Waals surface area contributed by atoms with Crippen LogP contribution in [0.1, 0.15) is 0 Å². The Balaban J connectivity index is 2.77. The molecule has 1 rings (SSSR count). The molecule has 0 aliphatic carbocycles. The molecule has 8 heavy (non-hydrogen) atoms. The number of rotatable bonds is 1. The second kappa shape index (κ2) is 1.98. The van der Waals surface area contributed by atoms with Crippen LogP contribution in [0.5, 0.6) is 0 Å². The van der Waals surface area contributed by atoms with Crippen molar-refractivity contribution in [2.75, 3.05) is 0 Å². The average molecular weight is 113 g/mol. The highest BCUT2D eigenvalue weighted by Crippen LogP contribution is 1.75. The van der Waals surface area contributed by atoms with Crippen molar-refractivity contribution in [1.82, 2.24) is 5.16 Å². The van der Waals surface area contributed by atoms with Gasteiger partial charge in [-0.1, -0.05) is 5.16 Å². The fraction of sp³-hybridized carbons (Fsp3) is 0. The molecule has 0 bridgehead atoms. The van der Waals surface area contributed by atoms with E-state index in [-0.39, 0.29) is 5.59 Å². The summed E-state index contributed by atoms with van der Waals surface area (Å²) in [5, 5.41) is 19.9. The summed E-state index contributed by atoms with van der Waals surface area (Å²) in [6.45, 7) is 0. The molecule has 0 aliphatic heterocycles. The summed E-state index contributed by atoms with van der Waals surface area (Å²) in [6, 6.07) is 1.38. The third-order valence-electron chi connectivity index (χ3n) is 0.722. The van der Waals surface area contributed by atoms with E-state index in [0.29, 0.717) is 0 Å². The summed E-state index contributed by atoms with van der Waals surface area (Å²) in [5.74, 6) is 0. The van der Waals surface area contributed by atoms with Gasteiger partial charge in [-0.05, 0) is 6.07 Å². The molecule has 2 N–H and O–H groups in total. The van der Waals surface area contributed by atoms with Gasteiger partial charge in [-0.3, -0.25) is 0 Å². The first-order chi connectivity index (χ1) is 3.80. The van der Waals surface area contributed by atoms with Crippen molar-refractivity contribution >= 4 is 12.7 Å². The Morgan fingerprint density at radius 1 is 1.62 bits per heavy atom. The van der Waals surface area contributed by atoms with Gasteiger partial charge >= 0.3 is 7.12 Å². The largest absolute Gasteiger partial charge is 0.511 e. The van der Waals surface area contributed by atoms with E-state index in [2.05, 4.69) is 9.68 Å². The zero-order valence-electron chi connectivity index (χ0n) is 3.98. The van der Waals surface area contributed by atoms with Gasteiger partial charge in [0.15, 0.2) is 0 Å². The lowest BCUT2D eigenvalue weighted by molar-refractivity contribution is 0.402. The smallest absolute Gasteiger partial charge is 0.422 e. The van der Waals surface area contributed by atoms with Gasteiger partial charge in [-0.15, -0.1) is 0 Å². The molecule has 0 spiro atoms. The van der Waals surface area contributed by atoms with Crippen LogP contribution in [0.4, 0.5) is 0 Å². The quantitative estimate of drug-likeness (QED) is 0.428. The van der Waals surface area contributed by atoms with Crippen molar-refractivity contribution in [2.45, 2.75) is 0 Å². The Kier molecular flexibility index (Phi) is 1.32. The normalized spacial score (nSPS) is 9.25. The Bertz CT molecular complexity index is 150. The predicted octanol–water partition coefficient (Wildman–Crippen LogP) is -1.65. The maximum absolute atomic E-state index is 8.35. The van der Waals surface area contributed by atoms with E-state index in [1.165, 1.54) is 12.3 Å². The molecule has 42 valence electrons. The van der Waals surface area contributed by atoms with Crippen LogP contribution < -0.4 is 5.59 Å². The van der Waals surface area contributed by atoms with Crippen LogP contribution in [0.25, 0.3) is 0 Å². The van der Waals surface area contributed by atoms with Gasteiger partial charge < -0.3 is 14.6 Å². The summed E-state index contributed by atoms with van der Waals surface area (Å²) in [7, 11) is -1.52. The average Bonchev–Trinajstić information content (AvgIpc) is 2.12.